The van der Waals surface area contributed by atoms with E-state index in [0.29, 0.717) is 21.8 Å². The van der Waals surface area contributed by atoms with Gasteiger partial charge in [0.25, 0.3) is 11.8 Å². The third-order valence-corrected chi connectivity index (χ3v) is 5.19. The zero-order valence-corrected chi connectivity index (χ0v) is 16.0. The fourth-order valence-corrected chi connectivity index (χ4v) is 3.69. The number of anilines is 1. The van der Waals surface area contributed by atoms with Crippen LogP contribution in [-0.2, 0) is 0 Å². The van der Waals surface area contributed by atoms with Crippen LogP contribution < -0.4 is 5.32 Å². The second-order valence-corrected chi connectivity index (χ2v) is 7.31. The lowest BCUT2D eigenvalue weighted by Gasteiger charge is -2.34. The normalized spacial score (nSPS) is 17.0. The smallest absolute Gasteiger partial charge is 0.257 e. The van der Waals surface area contributed by atoms with Crippen molar-refractivity contribution < 1.29 is 9.59 Å². The van der Waals surface area contributed by atoms with Crippen molar-refractivity contribution in [2.75, 3.05) is 11.9 Å². The van der Waals surface area contributed by atoms with Crippen molar-refractivity contribution in [2.45, 2.75) is 32.2 Å². The Hall–Kier alpha value is -2.04. The Labute approximate surface area is 163 Å². The molecular formula is C20H20Cl2N2O2. The Morgan fingerprint density at radius 3 is 2.58 bits per heavy atom. The van der Waals surface area contributed by atoms with Crippen LogP contribution in [0.25, 0.3) is 0 Å². The number of rotatable bonds is 3. The molecule has 1 fully saturated rings. The number of piperidine rings is 1. The lowest BCUT2D eigenvalue weighted by atomic mass is 10.0. The summed E-state index contributed by atoms with van der Waals surface area (Å²) in [6.45, 7) is 2.80. The molecule has 2 aromatic carbocycles. The van der Waals surface area contributed by atoms with Gasteiger partial charge in [-0.25, -0.2) is 0 Å². The zero-order valence-electron chi connectivity index (χ0n) is 14.5. The summed E-state index contributed by atoms with van der Waals surface area (Å²) in [6, 6.07) is 11.9. The maximum atomic E-state index is 13.0. The van der Waals surface area contributed by atoms with Crippen LogP contribution in [-0.4, -0.2) is 29.3 Å². The average Bonchev–Trinajstić information content (AvgIpc) is 2.62. The van der Waals surface area contributed by atoms with E-state index in [4.69, 9.17) is 23.2 Å². The fourth-order valence-electron chi connectivity index (χ4n) is 3.20. The van der Waals surface area contributed by atoms with Crippen LogP contribution in [0.15, 0.2) is 42.5 Å². The molecule has 4 nitrogen and oxygen atoms in total. The molecule has 3 rings (SSSR count). The van der Waals surface area contributed by atoms with E-state index in [1.807, 2.05) is 4.90 Å². The molecule has 2 aromatic rings. The molecular weight excluding hydrogens is 371 g/mol. The molecule has 0 unspecified atom stereocenters. The first-order chi connectivity index (χ1) is 12.5. The fraction of sp³-hybridized carbons (Fsp3) is 0.300. The molecule has 1 saturated heterocycles. The molecule has 1 N–H and O–H groups in total. The van der Waals surface area contributed by atoms with E-state index in [1.165, 1.54) is 6.07 Å². The Bertz CT molecular complexity index is 838. The Kier molecular flexibility index (Phi) is 5.84. The van der Waals surface area contributed by atoms with Crippen LogP contribution in [0.4, 0.5) is 5.69 Å². The first kappa shape index (κ1) is 18.7. The van der Waals surface area contributed by atoms with Gasteiger partial charge in [0.15, 0.2) is 0 Å². The van der Waals surface area contributed by atoms with E-state index in [9.17, 15) is 9.59 Å². The second kappa shape index (κ2) is 8.11. The van der Waals surface area contributed by atoms with Gasteiger partial charge in [-0.1, -0.05) is 35.3 Å². The Morgan fingerprint density at radius 2 is 1.85 bits per heavy atom. The quantitative estimate of drug-likeness (QED) is 0.776. The first-order valence-corrected chi connectivity index (χ1v) is 9.39. The van der Waals surface area contributed by atoms with Crippen LogP contribution in [0.1, 0.15) is 46.9 Å². The van der Waals surface area contributed by atoms with Gasteiger partial charge in [0.1, 0.15) is 0 Å². The molecule has 26 heavy (non-hydrogen) atoms. The van der Waals surface area contributed by atoms with Crippen molar-refractivity contribution in [3.63, 3.8) is 0 Å². The number of hydrogen-bond donors (Lipinski definition) is 1. The van der Waals surface area contributed by atoms with E-state index in [-0.39, 0.29) is 22.9 Å². The minimum Gasteiger partial charge on any atom is -0.336 e. The van der Waals surface area contributed by atoms with E-state index in [0.717, 1.165) is 25.8 Å². The SMILES string of the molecule is C[C@@H]1CCCCN1C(=O)c1ccccc1NC(=O)c1ccc(Cl)cc1Cl. The lowest BCUT2D eigenvalue weighted by molar-refractivity contribution is 0.0636. The summed E-state index contributed by atoms with van der Waals surface area (Å²) in [5.41, 5.74) is 1.27. The molecule has 1 aliphatic rings. The number of amides is 2. The number of benzene rings is 2. The van der Waals surface area contributed by atoms with E-state index < -0.39 is 0 Å². The number of hydrogen-bond acceptors (Lipinski definition) is 2. The molecule has 6 heteroatoms. The van der Waals surface area contributed by atoms with Crippen LogP contribution in [0.5, 0.6) is 0 Å². The van der Waals surface area contributed by atoms with Crippen molar-refractivity contribution >= 4 is 40.7 Å². The third-order valence-electron chi connectivity index (χ3n) is 4.65. The number of carbonyl (C=O) groups excluding carboxylic acids is 2. The molecule has 1 atom stereocenters. The summed E-state index contributed by atoms with van der Waals surface area (Å²) in [7, 11) is 0. The molecule has 1 aliphatic heterocycles. The van der Waals surface area contributed by atoms with Crippen molar-refractivity contribution in [3.8, 4) is 0 Å². The minimum absolute atomic E-state index is 0.0599. The van der Waals surface area contributed by atoms with Gasteiger partial charge in [-0.15, -0.1) is 0 Å². The van der Waals surface area contributed by atoms with Crippen LogP contribution in [0.2, 0.25) is 10.0 Å². The Morgan fingerprint density at radius 1 is 1.08 bits per heavy atom. The summed E-state index contributed by atoms with van der Waals surface area (Å²) in [5.74, 6) is -0.436. The highest BCUT2D eigenvalue weighted by molar-refractivity contribution is 6.37. The lowest BCUT2D eigenvalue weighted by Crippen LogP contribution is -2.42. The van der Waals surface area contributed by atoms with Gasteiger partial charge in [0.2, 0.25) is 0 Å². The summed E-state index contributed by atoms with van der Waals surface area (Å²) >= 11 is 12.0. The van der Waals surface area contributed by atoms with Crippen LogP contribution in [0.3, 0.4) is 0 Å². The standard InChI is InChI=1S/C20H20Cl2N2O2/c1-13-6-4-5-11-24(13)20(26)16-7-2-3-8-18(16)23-19(25)15-10-9-14(21)12-17(15)22/h2-3,7-10,12-13H,4-6,11H2,1H3,(H,23,25)/t13-/m1/s1. The number of halogens is 2. The van der Waals surface area contributed by atoms with Crippen molar-refractivity contribution in [1.29, 1.82) is 0 Å². The van der Waals surface area contributed by atoms with Gasteiger partial charge >= 0.3 is 0 Å². The first-order valence-electron chi connectivity index (χ1n) is 8.64. The summed E-state index contributed by atoms with van der Waals surface area (Å²) < 4.78 is 0. The van der Waals surface area contributed by atoms with Crippen LogP contribution >= 0.6 is 23.2 Å². The zero-order chi connectivity index (χ0) is 18.7. The molecule has 2 amide bonds. The Balaban J connectivity index is 1.85. The molecule has 1 heterocycles. The highest BCUT2D eigenvalue weighted by Crippen LogP contribution is 2.25. The maximum Gasteiger partial charge on any atom is 0.257 e. The predicted octanol–water partition coefficient (Wildman–Crippen LogP) is 5.26. The van der Waals surface area contributed by atoms with E-state index in [1.54, 1.807) is 36.4 Å². The number of carbonyl (C=O) groups is 2. The molecule has 0 aromatic heterocycles. The second-order valence-electron chi connectivity index (χ2n) is 6.47. The van der Waals surface area contributed by atoms with Crippen molar-refractivity contribution in [1.82, 2.24) is 4.90 Å². The molecule has 0 aliphatic carbocycles. The number of nitrogens with one attached hydrogen (secondary N) is 1. The van der Waals surface area contributed by atoms with E-state index in [2.05, 4.69) is 12.2 Å². The minimum atomic E-state index is -0.376. The maximum absolute atomic E-state index is 13.0. The number of nitrogens with zero attached hydrogens (tertiary/aromatic N) is 1. The predicted molar refractivity (Wildman–Crippen MR) is 105 cm³/mol. The van der Waals surface area contributed by atoms with Gasteiger partial charge in [-0.2, -0.15) is 0 Å². The third kappa shape index (κ3) is 4.02. The van der Waals surface area contributed by atoms with Crippen molar-refractivity contribution in [3.05, 3.63) is 63.6 Å². The molecule has 0 bridgehead atoms. The summed E-state index contributed by atoms with van der Waals surface area (Å²) in [6.07, 6.45) is 3.14. The topological polar surface area (TPSA) is 49.4 Å². The van der Waals surface area contributed by atoms with Crippen LogP contribution in [0, 0.1) is 0 Å². The van der Waals surface area contributed by atoms with Gasteiger partial charge in [0.05, 0.1) is 21.8 Å². The number of likely N-dealkylation sites (tertiary alicyclic amines) is 1. The van der Waals surface area contributed by atoms with E-state index >= 15 is 0 Å². The highest BCUT2D eigenvalue weighted by atomic mass is 35.5. The van der Waals surface area contributed by atoms with Gasteiger partial charge < -0.3 is 10.2 Å². The number of para-hydroxylation sites is 1. The molecule has 136 valence electrons. The summed E-state index contributed by atoms with van der Waals surface area (Å²) in [5, 5.41) is 3.53. The highest BCUT2D eigenvalue weighted by Gasteiger charge is 2.26. The van der Waals surface area contributed by atoms with Gasteiger partial charge in [0, 0.05) is 17.6 Å². The van der Waals surface area contributed by atoms with Gasteiger partial charge in [-0.05, 0) is 56.5 Å². The molecule has 0 saturated carbocycles. The molecule has 0 radical (unpaired) electrons. The van der Waals surface area contributed by atoms with Crippen molar-refractivity contribution in [2.24, 2.45) is 0 Å². The molecule has 0 spiro atoms. The monoisotopic (exact) mass is 390 g/mol. The summed E-state index contributed by atoms with van der Waals surface area (Å²) in [4.78, 5) is 27.5. The average molecular weight is 391 g/mol. The van der Waals surface area contributed by atoms with Gasteiger partial charge in [-0.3, -0.25) is 9.59 Å². The largest absolute Gasteiger partial charge is 0.336 e.